The number of nitrogens with one attached hydrogen (secondary N) is 1. The van der Waals surface area contributed by atoms with Crippen molar-refractivity contribution in [1.82, 2.24) is 14.8 Å². The van der Waals surface area contributed by atoms with Gasteiger partial charge >= 0.3 is 6.18 Å². The Hall–Kier alpha value is -4.34. The van der Waals surface area contributed by atoms with E-state index in [9.17, 15) is 18.0 Å². The standard InChI is InChI=1S/C31H23Cl2F3N4O2/c1-19-26(16-29(41)38-28-14-9-22(17-37-28)31(34,35)36)39-40(27-13-10-23(32)15-25(27)33)30(19)21-7-11-24(12-8-21)42-18-20-5-3-2-4-6-20/h2-15,17H,16,18H2,1H3,(H,37,38,41). The summed E-state index contributed by atoms with van der Waals surface area (Å²) in [6, 6.07) is 24.3. The second kappa shape index (κ2) is 12.3. The van der Waals surface area contributed by atoms with Gasteiger partial charge in [0.05, 0.1) is 34.1 Å². The Labute approximate surface area is 249 Å². The van der Waals surface area contributed by atoms with E-state index in [4.69, 9.17) is 33.0 Å². The summed E-state index contributed by atoms with van der Waals surface area (Å²) in [6.45, 7) is 2.26. The van der Waals surface area contributed by atoms with Crippen LogP contribution in [0.3, 0.4) is 0 Å². The number of hydrogen-bond acceptors (Lipinski definition) is 4. The van der Waals surface area contributed by atoms with Crippen molar-refractivity contribution in [3.8, 4) is 22.7 Å². The number of aromatic nitrogens is 3. The highest BCUT2D eigenvalue weighted by Gasteiger charge is 2.30. The Kier molecular flexibility index (Phi) is 8.51. The summed E-state index contributed by atoms with van der Waals surface area (Å²) in [5, 5.41) is 8.05. The molecule has 5 aromatic rings. The maximum Gasteiger partial charge on any atom is 0.417 e. The van der Waals surface area contributed by atoms with E-state index < -0.39 is 17.6 Å². The molecule has 214 valence electrons. The number of carbonyl (C=O) groups excluding carboxylic acids is 1. The Morgan fingerprint density at radius 2 is 1.71 bits per heavy atom. The molecule has 2 heterocycles. The fourth-order valence-electron chi connectivity index (χ4n) is 4.30. The largest absolute Gasteiger partial charge is 0.489 e. The lowest BCUT2D eigenvalue weighted by Gasteiger charge is -2.12. The summed E-state index contributed by atoms with van der Waals surface area (Å²) < 4.78 is 46.1. The molecule has 1 amide bonds. The van der Waals surface area contributed by atoms with Crippen LogP contribution in [0.2, 0.25) is 10.0 Å². The van der Waals surface area contributed by atoms with Gasteiger partial charge in [-0.05, 0) is 72.6 Å². The molecule has 1 N–H and O–H groups in total. The lowest BCUT2D eigenvalue weighted by molar-refractivity contribution is -0.137. The second-order valence-corrected chi connectivity index (χ2v) is 10.2. The number of halogens is 5. The van der Waals surface area contributed by atoms with E-state index >= 15 is 0 Å². The molecule has 0 bridgehead atoms. The molecule has 42 heavy (non-hydrogen) atoms. The summed E-state index contributed by atoms with van der Waals surface area (Å²) in [4.78, 5) is 16.6. The molecule has 6 nitrogen and oxygen atoms in total. The van der Waals surface area contributed by atoms with E-state index in [1.807, 2.05) is 61.5 Å². The van der Waals surface area contributed by atoms with Crippen LogP contribution in [0.15, 0.2) is 91.1 Å². The number of pyridine rings is 1. The lowest BCUT2D eigenvalue weighted by atomic mass is 10.0. The van der Waals surface area contributed by atoms with Crippen LogP contribution in [0.4, 0.5) is 19.0 Å². The molecular weight excluding hydrogens is 588 g/mol. The first-order chi connectivity index (χ1) is 20.1. The van der Waals surface area contributed by atoms with Gasteiger partial charge in [-0.15, -0.1) is 0 Å². The number of hydrogen-bond donors (Lipinski definition) is 1. The minimum atomic E-state index is -4.52. The van der Waals surface area contributed by atoms with Gasteiger partial charge in [-0.1, -0.05) is 53.5 Å². The fraction of sp³-hybridized carbons (Fsp3) is 0.129. The maximum atomic E-state index is 12.9. The molecule has 0 unspecified atom stereocenters. The van der Waals surface area contributed by atoms with Gasteiger partial charge in [0.15, 0.2) is 0 Å². The van der Waals surface area contributed by atoms with Gasteiger partial charge in [-0.25, -0.2) is 9.67 Å². The number of amides is 1. The first kappa shape index (κ1) is 29.2. The van der Waals surface area contributed by atoms with Gasteiger partial charge in [0.25, 0.3) is 0 Å². The molecule has 2 aromatic heterocycles. The van der Waals surface area contributed by atoms with Gasteiger partial charge in [-0.3, -0.25) is 4.79 Å². The number of rotatable bonds is 8. The normalized spacial score (nSPS) is 11.4. The number of benzene rings is 3. The van der Waals surface area contributed by atoms with Crippen LogP contribution in [-0.4, -0.2) is 20.7 Å². The molecule has 0 radical (unpaired) electrons. The van der Waals surface area contributed by atoms with Crippen LogP contribution >= 0.6 is 23.2 Å². The molecule has 0 saturated heterocycles. The molecule has 0 saturated carbocycles. The van der Waals surface area contributed by atoms with Crippen molar-refractivity contribution in [3.05, 3.63) is 124 Å². The number of nitrogens with zero attached hydrogens (tertiary/aromatic N) is 3. The van der Waals surface area contributed by atoms with Crippen molar-refractivity contribution in [1.29, 1.82) is 0 Å². The van der Waals surface area contributed by atoms with Crippen LogP contribution in [0.1, 0.15) is 22.4 Å². The van der Waals surface area contributed by atoms with E-state index in [1.165, 1.54) is 0 Å². The van der Waals surface area contributed by atoms with Crippen molar-refractivity contribution in [3.63, 3.8) is 0 Å². The van der Waals surface area contributed by atoms with Gasteiger partial charge in [0.2, 0.25) is 5.91 Å². The van der Waals surface area contributed by atoms with E-state index in [1.54, 1.807) is 22.9 Å². The third-order valence-electron chi connectivity index (χ3n) is 6.42. The molecule has 0 spiro atoms. The van der Waals surface area contributed by atoms with Crippen molar-refractivity contribution in [2.24, 2.45) is 0 Å². The number of anilines is 1. The monoisotopic (exact) mass is 610 g/mol. The van der Waals surface area contributed by atoms with Crippen LogP contribution in [0, 0.1) is 6.92 Å². The smallest absolute Gasteiger partial charge is 0.417 e. The molecule has 11 heteroatoms. The molecular formula is C31H23Cl2F3N4O2. The first-order valence-electron chi connectivity index (χ1n) is 12.7. The average Bonchev–Trinajstić information content (AvgIpc) is 3.27. The van der Waals surface area contributed by atoms with E-state index in [2.05, 4.69) is 10.3 Å². The highest BCUT2D eigenvalue weighted by molar-refractivity contribution is 6.35. The Balaban J connectivity index is 1.42. The summed E-state index contributed by atoms with van der Waals surface area (Å²) >= 11 is 12.7. The number of carbonyl (C=O) groups is 1. The van der Waals surface area contributed by atoms with Crippen LogP contribution in [0.5, 0.6) is 5.75 Å². The SMILES string of the molecule is Cc1c(CC(=O)Nc2ccc(C(F)(F)F)cn2)nn(-c2ccc(Cl)cc2Cl)c1-c1ccc(OCc2ccccc2)cc1. The summed E-state index contributed by atoms with van der Waals surface area (Å²) in [7, 11) is 0. The van der Waals surface area contributed by atoms with Crippen LogP contribution in [-0.2, 0) is 24.0 Å². The van der Waals surface area contributed by atoms with Crippen molar-refractivity contribution < 1.29 is 22.7 Å². The molecule has 0 fully saturated rings. The second-order valence-electron chi connectivity index (χ2n) is 9.38. The molecule has 3 aromatic carbocycles. The zero-order valence-corrected chi connectivity index (χ0v) is 23.6. The third kappa shape index (κ3) is 6.75. The number of alkyl halides is 3. The minimum Gasteiger partial charge on any atom is -0.489 e. The lowest BCUT2D eigenvalue weighted by Crippen LogP contribution is -2.16. The number of ether oxygens (including phenoxy) is 1. The van der Waals surface area contributed by atoms with Gasteiger partial charge < -0.3 is 10.1 Å². The van der Waals surface area contributed by atoms with Crippen molar-refractivity contribution >= 4 is 34.9 Å². The highest BCUT2D eigenvalue weighted by Crippen LogP contribution is 2.34. The molecule has 0 aliphatic carbocycles. The van der Waals surface area contributed by atoms with E-state index in [0.717, 1.165) is 28.8 Å². The fourth-order valence-corrected chi connectivity index (χ4v) is 4.79. The predicted molar refractivity (Wildman–Crippen MR) is 156 cm³/mol. The summed E-state index contributed by atoms with van der Waals surface area (Å²) in [6.07, 6.45) is -4.01. The zero-order chi connectivity index (χ0) is 29.9. The van der Waals surface area contributed by atoms with Crippen LogP contribution in [0.25, 0.3) is 16.9 Å². The molecule has 0 atom stereocenters. The summed E-state index contributed by atoms with van der Waals surface area (Å²) in [5.41, 5.74) is 3.36. The van der Waals surface area contributed by atoms with Crippen molar-refractivity contribution in [2.45, 2.75) is 26.1 Å². The predicted octanol–water partition coefficient (Wildman–Crippen LogP) is 8.33. The van der Waals surface area contributed by atoms with E-state index in [-0.39, 0.29) is 12.2 Å². The van der Waals surface area contributed by atoms with E-state index in [0.29, 0.717) is 45.7 Å². The molecule has 0 aliphatic heterocycles. The third-order valence-corrected chi connectivity index (χ3v) is 6.96. The van der Waals surface area contributed by atoms with Gasteiger partial charge in [-0.2, -0.15) is 18.3 Å². The van der Waals surface area contributed by atoms with Gasteiger partial charge in [0, 0.05) is 16.8 Å². The zero-order valence-electron chi connectivity index (χ0n) is 22.1. The molecule has 5 rings (SSSR count). The van der Waals surface area contributed by atoms with Crippen molar-refractivity contribution in [2.75, 3.05) is 5.32 Å². The Morgan fingerprint density at radius 1 is 0.976 bits per heavy atom. The van der Waals surface area contributed by atoms with Crippen LogP contribution < -0.4 is 10.1 Å². The topological polar surface area (TPSA) is 69.0 Å². The van der Waals surface area contributed by atoms with Gasteiger partial charge in [0.1, 0.15) is 18.2 Å². The Morgan fingerprint density at radius 3 is 2.36 bits per heavy atom. The first-order valence-corrected chi connectivity index (χ1v) is 13.5. The average molecular weight is 611 g/mol. The summed E-state index contributed by atoms with van der Waals surface area (Å²) in [5.74, 6) is 0.185. The highest BCUT2D eigenvalue weighted by atomic mass is 35.5. The quantitative estimate of drug-likeness (QED) is 0.192. The maximum absolute atomic E-state index is 12.9. The minimum absolute atomic E-state index is 0.00264. The molecule has 0 aliphatic rings. The Bertz CT molecular complexity index is 1710.